The van der Waals surface area contributed by atoms with E-state index in [1.807, 2.05) is 7.05 Å². The molecule has 0 spiro atoms. The quantitative estimate of drug-likeness (QED) is 0.640. The van der Waals surface area contributed by atoms with E-state index in [9.17, 15) is 0 Å². The van der Waals surface area contributed by atoms with Gasteiger partial charge in [-0.1, -0.05) is 0 Å². The smallest absolute Gasteiger partial charge is 0.102 e. The van der Waals surface area contributed by atoms with E-state index in [0.717, 1.165) is 19.6 Å². The van der Waals surface area contributed by atoms with E-state index in [4.69, 9.17) is 15.7 Å². The summed E-state index contributed by atoms with van der Waals surface area (Å²) >= 11 is 0. The summed E-state index contributed by atoms with van der Waals surface area (Å²) in [6.07, 6.45) is 1.69. The van der Waals surface area contributed by atoms with Gasteiger partial charge in [-0.05, 0) is 33.7 Å². The predicted molar refractivity (Wildman–Crippen MR) is 61.4 cm³/mol. The highest BCUT2D eigenvalue weighted by atomic mass is 16.5. The second kappa shape index (κ2) is 6.78. The molecule has 0 saturated carbocycles. The monoisotopic (exact) mass is 213 g/mol. The Balaban J connectivity index is 3.89. The van der Waals surface area contributed by atoms with E-state index in [1.165, 1.54) is 0 Å². The molecule has 0 aliphatic heterocycles. The maximum absolute atomic E-state index is 8.83. The first-order valence-corrected chi connectivity index (χ1v) is 5.32. The molecule has 0 aromatic carbocycles. The van der Waals surface area contributed by atoms with Crippen molar-refractivity contribution in [3.63, 3.8) is 0 Å². The van der Waals surface area contributed by atoms with Crippen LogP contribution in [-0.2, 0) is 4.74 Å². The molecular weight excluding hydrogens is 190 g/mol. The molecule has 2 unspecified atom stereocenters. The zero-order chi connectivity index (χ0) is 11.9. The van der Waals surface area contributed by atoms with Crippen LogP contribution in [0.25, 0.3) is 0 Å². The van der Waals surface area contributed by atoms with Crippen LogP contribution < -0.4 is 5.73 Å². The van der Waals surface area contributed by atoms with E-state index >= 15 is 0 Å². The number of nitriles is 1. The van der Waals surface area contributed by atoms with Crippen molar-refractivity contribution in [1.29, 1.82) is 5.26 Å². The fourth-order valence-corrected chi connectivity index (χ4v) is 1.49. The van der Waals surface area contributed by atoms with E-state index in [0.29, 0.717) is 12.5 Å². The van der Waals surface area contributed by atoms with Gasteiger partial charge in [0, 0.05) is 26.3 Å². The van der Waals surface area contributed by atoms with Crippen LogP contribution in [0.2, 0.25) is 0 Å². The van der Waals surface area contributed by atoms with Gasteiger partial charge in [-0.2, -0.15) is 5.26 Å². The Bertz CT molecular complexity index is 210. The van der Waals surface area contributed by atoms with E-state index in [1.54, 1.807) is 14.0 Å². The number of hydrogen-bond donors (Lipinski definition) is 1. The van der Waals surface area contributed by atoms with Gasteiger partial charge in [0.25, 0.3) is 0 Å². The minimum absolute atomic E-state index is 0.316. The molecule has 0 aromatic rings. The van der Waals surface area contributed by atoms with Crippen molar-refractivity contribution in [3.8, 4) is 6.07 Å². The molecule has 0 amide bonds. The number of ether oxygens (including phenoxy) is 1. The largest absolute Gasteiger partial charge is 0.385 e. The van der Waals surface area contributed by atoms with Gasteiger partial charge in [0.15, 0.2) is 0 Å². The fourth-order valence-electron chi connectivity index (χ4n) is 1.49. The van der Waals surface area contributed by atoms with Crippen molar-refractivity contribution < 1.29 is 4.74 Å². The Labute approximate surface area is 93.0 Å². The number of rotatable bonds is 7. The summed E-state index contributed by atoms with van der Waals surface area (Å²) in [5.74, 6) is 0. The van der Waals surface area contributed by atoms with Gasteiger partial charge in [-0.25, -0.2) is 0 Å². The van der Waals surface area contributed by atoms with Crippen LogP contribution in [0.5, 0.6) is 0 Å². The topological polar surface area (TPSA) is 62.3 Å². The van der Waals surface area contributed by atoms with E-state index in [2.05, 4.69) is 17.9 Å². The molecule has 88 valence electrons. The summed E-state index contributed by atoms with van der Waals surface area (Å²) in [5.41, 5.74) is 5.07. The minimum Gasteiger partial charge on any atom is -0.385 e. The summed E-state index contributed by atoms with van der Waals surface area (Å²) in [7, 11) is 3.75. The average molecular weight is 213 g/mol. The molecular formula is C11H23N3O. The number of methoxy groups -OCH3 is 1. The van der Waals surface area contributed by atoms with Gasteiger partial charge < -0.3 is 15.4 Å². The maximum atomic E-state index is 8.83. The zero-order valence-corrected chi connectivity index (χ0v) is 10.3. The molecule has 0 saturated heterocycles. The standard InChI is InChI=1S/C11H23N3O/c1-10(8-11(2,13)9-12)14(3)6-5-7-15-4/h10H,5-8,13H2,1-4H3. The SMILES string of the molecule is COCCCN(C)C(C)CC(C)(N)C#N. The average Bonchev–Trinajstić information content (AvgIpc) is 2.17. The van der Waals surface area contributed by atoms with Crippen LogP contribution in [0.1, 0.15) is 26.7 Å². The van der Waals surface area contributed by atoms with Crippen molar-refractivity contribution >= 4 is 0 Å². The number of nitrogens with zero attached hydrogens (tertiary/aromatic N) is 2. The first-order valence-electron chi connectivity index (χ1n) is 5.32. The molecule has 4 heteroatoms. The highest BCUT2D eigenvalue weighted by Gasteiger charge is 2.22. The molecule has 0 aliphatic carbocycles. The summed E-state index contributed by atoms with van der Waals surface area (Å²) < 4.78 is 4.99. The second-order valence-corrected chi connectivity index (χ2v) is 4.41. The lowest BCUT2D eigenvalue weighted by Gasteiger charge is -2.28. The van der Waals surface area contributed by atoms with Crippen LogP contribution in [0.4, 0.5) is 0 Å². The Morgan fingerprint density at radius 3 is 2.67 bits per heavy atom. The molecule has 15 heavy (non-hydrogen) atoms. The summed E-state index contributed by atoms with van der Waals surface area (Å²) in [5, 5.41) is 8.83. The summed E-state index contributed by atoms with van der Waals surface area (Å²) in [6, 6.07) is 2.44. The fraction of sp³-hybridized carbons (Fsp3) is 0.909. The molecule has 2 atom stereocenters. The van der Waals surface area contributed by atoms with Crippen LogP contribution in [0.3, 0.4) is 0 Å². The van der Waals surface area contributed by atoms with Gasteiger partial charge in [0.05, 0.1) is 6.07 Å². The molecule has 0 radical (unpaired) electrons. The van der Waals surface area contributed by atoms with Gasteiger partial charge in [-0.3, -0.25) is 0 Å². The molecule has 0 bridgehead atoms. The molecule has 0 aliphatic rings. The zero-order valence-electron chi connectivity index (χ0n) is 10.3. The Kier molecular flexibility index (Phi) is 6.50. The van der Waals surface area contributed by atoms with Crippen molar-refractivity contribution in [2.24, 2.45) is 5.73 Å². The lowest BCUT2D eigenvalue weighted by molar-refractivity contribution is 0.162. The summed E-state index contributed by atoms with van der Waals surface area (Å²) in [6.45, 7) is 5.60. The van der Waals surface area contributed by atoms with Crippen molar-refractivity contribution in [3.05, 3.63) is 0 Å². The highest BCUT2D eigenvalue weighted by Crippen LogP contribution is 2.12. The van der Waals surface area contributed by atoms with E-state index in [-0.39, 0.29) is 0 Å². The third-order valence-electron chi connectivity index (χ3n) is 2.59. The first-order chi connectivity index (χ1) is 6.93. The lowest BCUT2D eigenvalue weighted by atomic mass is 9.96. The van der Waals surface area contributed by atoms with Crippen LogP contribution in [0.15, 0.2) is 0 Å². The Morgan fingerprint density at radius 2 is 2.20 bits per heavy atom. The second-order valence-electron chi connectivity index (χ2n) is 4.41. The van der Waals surface area contributed by atoms with Crippen molar-refractivity contribution in [2.75, 3.05) is 27.3 Å². The third kappa shape index (κ3) is 6.45. The predicted octanol–water partition coefficient (Wildman–Crippen LogP) is 0.974. The van der Waals surface area contributed by atoms with Crippen LogP contribution in [-0.4, -0.2) is 43.8 Å². The first kappa shape index (κ1) is 14.4. The molecule has 4 nitrogen and oxygen atoms in total. The minimum atomic E-state index is -0.727. The summed E-state index contributed by atoms with van der Waals surface area (Å²) in [4.78, 5) is 2.21. The number of nitrogens with two attached hydrogens (primary N) is 1. The van der Waals surface area contributed by atoms with Crippen LogP contribution in [0, 0.1) is 11.3 Å². The Hall–Kier alpha value is -0.630. The van der Waals surface area contributed by atoms with Crippen LogP contribution >= 0.6 is 0 Å². The molecule has 0 heterocycles. The van der Waals surface area contributed by atoms with Gasteiger partial charge in [0.1, 0.15) is 5.54 Å². The Morgan fingerprint density at radius 1 is 1.60 bits per heavy atom. The molecule has 2 N–H and O–H groups in total. The maximum Gasteiger partial charge on any atom is 0.102 e. The molecule has 0 rings (SSSR count). The highest BCUT2D eigenvalue weighted by molar-refractivity contribution is 5.02. The van der Waals surface area contributed by atoms with E-state index < -0.39 is 5.54 Å². The molecule has 0 fully saturated rings. The van der Waals surface area contributed by atoms with Gasteiger partial charge >= 0.3 is 0 Å². The van der Waals surface area contributed by atoms with Gasteiger partial charge in [-0.15, -0.1) is 0 Å². The lowest BCUT2D eigenvalue weighted by Crippen LogP contribution is -2.42. The van der Waals surface area contributed by atoms with Crippen molar-refractivity contribution in [2.45, 2.75) is 38.3 Å². The van der Waals surface area contributed by atoms with Gasteiger partial charge in [0.2, 0.25) is 0 Å². The van der Waals surface area contributed by atoms with Crippen molar-refractivity contribution in [1.82, 2.24) is 4.90 Å². The number of hydrogen-bond acceptors (Lipinski definition) is 4. The normalized spacial score (nSPS) is 17.1. The molecule has 0 aromatic heterocycles. The third-order valence-corrected chi connectivity index (χ3v) is 2.59.